The number of amides is 2. The maximum absolute atomic E-state index is 15.5. The zero-order chi connectivity index (χ0) is 36.4. The highest BCUT2D eigenvalue weighted by atomic mass is 16.2. The average Bonchev–Trinajstić information content (AvgIpc) is 3.35. The first-order chi connectivity index (χ1) is 24.9. The number of benzene rings is 4. The lowest BCUT2D eigenvalue weighted by molar-refractivity contribution is -0.136. The lowest BCUT2D eigenvalue weighted by Crippen LogP contribution is -2.50. The molecule has 0 saturated carbocycles. The number of anilines is 4. The van der Waals surface area contributed by atoms with Crippen molar-refractivity contribution in [1.29, 1.82) is 0 Å². The summed E-state index contributed by atoms with van der Waals surface area (Å²) in [6, 6.07) is 32.0. The molecule has 0 saturated heterocycles. The van der Waals surface area contributed by atoms with Crippen LogP contribution in [0, 0.1) is 10.8 Å². The minimum Gasteiger partial charge on any atom is -0.357 e. The third-order valence-electron chi connectivity index (χ3n) is 10.7. The van der Waals surface area contributed by atoms with E-state index in [-0.39, 0.29) is 22.4 Å². The van der Waals surface area contributed by atoms with E-state index in [9.17, 15) is 9.59 Å². The van der Waals surface area contributed by atoms with Gasteiger partial charge in [0.1, 0.15) is 0 Å². The third kappa shape index (κ3) is 5.72. The van der Waals surface area contributed by atoms with Crippen LogP contribution in [0.1, 0.15) is 76.6 Å². The zero-order valence-corrected chi connectivity index (χ0v) is 29.9. The Morgan fingerprint density at radius 2 is 0.865 bits per heavy atom. The number of allylic oxidation sites excluding steroid dienone is 2. The second-order valence-corrected chi connectivity index (χ2v) is 15.9. The summed E-state index contributed by atoms with van der Waals surface area (Å²) in [5, 5.41) is 7.08. The molecule has 8 heteroatoms. The Kier molecular flexibility index (Phi) is 8.01. The van der Waals surface area contributed by atoms with Crippen molar-refractivity contribution >= 4 is 46.1 Å². The average molecular weight is 691 g/mol. The Morgan fingerprint density at radius 1 is 0.519 bits per heavy atom. The van der Waals surface area contributed by atoms with Crippen LogP contribution in [0.15, 0.2) is 132 Å². The summed E-state index contributed by atoms with van der Waals surface area (Å²) in [5.41, 5.74) is 5.54. The van der Waals surface area contributed by atoms with Crippen LogP contribution >= 0.6 is 0 Å². The van der Waals surface area contributed by atoms with Crippen molar-refractivity contribution in [3.05, 3.63) is 143 Å². The molecule has 52 heavy (non-hydrogen) atoms. The van der Waals surface area contributed by atoms with Gasteiger partial charge < -0.3 is 10.6 Å². The molecule has 262 valence electrons. The molecule has 4 aromatic carbocycles. The monoisotopic (exact) mass is 690 g/mol. The maximum Gasteiger partial charge on any atom is 0.317 e. The van der Waals surface area contributed by atoms with Crippen LogP contribution in [0.5, 0.6) is 0 Å². The third-order valence-corrected chi connectivity index (χ3v) is 10.7. The molecule has 0 bridgehead atoms. The van der Waals surface area contributed by atoms with Gasteiger partial charge in [0.05, 0.1) is 34.8 Å². The van der Waals surface area contributed by atoms with Crippen molar-refractivity contribution in [3.63, 3.8) is 0 Å². The van der Waals surface area contributed by atoms with Gasteiger partial charge in [-0.2, -0.15) is 0 Å². The summed E-state index contributed by atoms with van der Waals surface area (Å²) in [6.07, 6.45) is 1.80. The summed E-state index contributed by atoms with van der Waals surface area (Å²) >= 11 is 0. The number of carbonyl (C=O) groups is 4. The molecule has 0 spiro atoms. The van der Waals surface area contributed by atoms with E-state index in [0.717, 1.165) is 22.5 Å². The SMILES string of the molecule is CC1(C)CC(=O)C2=C(C1)Nc1ccccc1N(C(=O)C(=O)N1c3ccccc3NC3=C(C(=O)CC(C)(C)C3)[C@@H]1c1ccccc1)[C@H]2c1ccccc1. The lowest BCUT2D eigenvalue weighted by atomic mass is 9.73. The maximum atomic E-state index is 15.5. The van der Waals surface area contributed by atoms with Gasteiger partial charge in [0, 0.05) is 35.4 Å². The first kappa shape index (κ1) is 33.4. The zero-order valence-electron chi connectivity index (χ0n) is 29.9. The van der Waals surface area contributed by atoms with Gasteiger partial charge in [-0.3, -0.25) is 29.0 Å². The molecule has 8 rings (SSSR count). The number of Topliss-reactive ketones (excluding diaryl/α,β-unsaturated/α-hetero) is 2. The van der Waals surface area contributed by atoms with Crippen LogP contribution in [0.3, 0.4) is 0 Å². The van der Waals surface area contributed by atoms with Gasteiger partial charge in [0.15, 0.2) is 11.6 Å². The predicted octanol–water partition coefficient (Wildman–Crippen LogP) is 8.67. The summed E-state index contributed by atoms with van der Waals surface area (Å²) in [4.78, 5) is 62.6. The van der Waals surface area contributed by atoms with E-state index in [1.54, 1.807) is 0 Å². The fraction of sp³-hybridized carbons (Fsp3) is 0.273. The molecule has 0 aromatic heterocycles. The number of nitrogens with one attached hydrogen (secondary N) is 2. The molecule has 0 radical (unpaired) electrons. The van der Waals surface area contributed by atoms with Gasteiger partial charge >= 0.3 is 11.8 Å². The molecule has 2 amide bonds. The molecule has 0 fully saturated rings. The Labute approximate surface area is 304 Å². The molecule has 2 aliphatic heterocycles. The highest BCUT2D eigenvalue weighted by molar-refractivity contribution is 6.46. The van der Waals surface area contributed by atoms with E-state index in [1.165, 1.54) is 9.80 Å². The Morgan fingerprint density at radius 3 is 1.25 bits per heavy atom. The van der Waals surface area contributed by atoms with Gasteiger partial charge in [0.25, 0.3) is 0 Å². The first-order valence-electron chi connectivity index (χ1n) is 17.9. The normalized spacial score (nSPS) is 21.8. The van der Waals surface area contributed by atoms with Crippen LogP contribution < -0.4 is 20.4 Å². The number of ketones is 2. The van der Waals surface area contributed by atoms with E-state index in [0.29, 0.717) is 59.6 Å². The highest BCUT2D eigenvalue weighted by Crippen LogP contribution is 2.51. The fourth-order valence-electron chi connectivity index (χ4n) is 8.53. The summed E-state index contributed by atoms with van der Waals surface area (Å²) < 4.78 is 0. The van der Waals surface area contributed by atoms with Crippen LogP contribution in [0.25, 0.3) is 0 Å². The molecule has 4 aliphatic rings. The second kappa shape index (κ2) is 12.5. The van der Waals surface area contributed by atoms with Crippen molar-refractivity contribution in [3.8, 4) is 0 Å². The summed E-state index contributed by atoms with van der Waals surface area (Å²) in [6.45, 7) is 8.29. The molecule has 2 N–H and O–H groups in total. The van der Waals surface area contributed by atoms with Gasteiger partial charge in [0.2, 0.25) is 0 Å². The van der Waals surface area contributed by atoms with E-state index in [2.05, 4.69) is 38.3 Å². The van der Waals surface area contributed by atoms with Crippen molar-refractivity contribution in [2.75, 3.05) is 20.4 Å². The Hall–Kier alpha value is -5.76. The molecule has 0 unspecified atom stereocenters. The van der Waals surface area contributed by atoms with Gasteiger partial charge in [-0.25, -0.2) is 0 Å². The molecule has 2 aliphatic carbocycles. The number of hydrogen-bond acceptors (Lipinski definition) is 6. The summed E-state index contributed by atoms with van der Waals surface area (Å²) in [5.74, 6) is -1.75. The topological polar surface area (TPSA) is 98.8 Å². The minimum absolute atomic E-state index is 0.0673. The van der Waals surface area contributed by atoms with Crippen LogP contribution in [-0.2, 0) is 19.2 Å². The fourth-order valence-corrected chi connectivity index (χ4v) is 8.53. The van der Waals surface area contributed by atoms with Crippen LogP contribution in [0.2, 0.25) is 0 Å². The van der Waals surface area contributed by atoms with Crippen LogP contribution in [-0.4, -0.2) is 23.4 Å². The number of nitrogens with zero attached hydrogens (tertiary/aromatic N) is 2. The Balaban J connectivity index is 1.36. The molecule has 8 nitrogen and oxygen atoms in total. The minimum atomic E-state index is -0.880. The predicted molar refractivity (Wildman–Crippen MR) is 204 cm³/mol. The van der Waals surface area contributed by atoms with Crippen molar-refractivity contribution in [1.82, 2.24) is 0 Å². The largest absolute Gasteiger partial charge is 0.357 e. The Bertz CT molecular complexity index is 2040. The molecular formula is C44H42N4O4. The van der Waals surface area contributed by atoms with Gasteiger partial charge in [-0.1, -0.05) is 113 Å². The molecular weight excluding hydrogens is 649 g/mol. The van der Waals surface area contributed by atoms with E-state index >= 15 is 9.59 Å². The first-order valence-corrected chi connectivity index (χ1v) is 17.9. The van der Waals surface area contributed by atoms with Crippen molar-refractivity contribution in [2.45, 2.75) is 65.5 Å². The number of rotatable bonds is 2. The van der Waals surface area contributed by atoms with Crippen molar-refractivity contribution in [2.24, 2.45) is 10.8 Å². The quantitative estimate of drug-likeness (QED) is 0.204. The number of para-hydroxylation sites is 4. The number of hydrogen-bond donors (Lipinski definition) is 2. The van der Waals surface area contributed by atoms with Gasteiger partial charge in [-0.05, 0) is 59.1 Å². The molecule has 4 aromatic rings. The standard InChI is InChI=1S/C44H42N4O4/c1-43(2)23-31-37(35(49)25-43)39(27-15-7-5-8-16-27)47(33-21-13-11-19-29(33)45-31)41(51)42(52)48-34-22-14-12-20-30(34)46-32-24-44(3,4)26-36(50)38(32)40(48)28-17-9-6-10-18-28/h5-22,39-40,45-46H,23-26H2,1-4H3/t39-,40-/m0/s1. The van der Waals surface area contributed by atoms with Crippen LogP contribution in [0.4, 0.5) is 22.7 Å². The van der Waals surface area contributed by atoms with Crippen molar-refractivity contribution < 1.29 is 19.2 Å². The lowest BCUT2D eigenvalue weighted by Gasteiger charge is -2.39. The van der Waals surface area contributed by atoms with E-state index in [1.807, 2.05) is 109 Å². The summed E-state index contributed by atoms with van der Waals surface area (Å²) in [7, 11) is 0. The van der Waals surface area contributed by atoms with E-state index < -0.39 is 23.9 Å². The number of fused-ring (bicyclic) bond motifs is 2. The molecule has 2 atom stereocenters. The van der Waals surface area contributed by atoms with Gasteiger partial charge in [-0.15, -0.1) is 0 Å². The smallest absolute Gasteiger partial charge is 0.317 e. The number of carbonyl (C=O) groups excluding carboxylic acids is 4. The second-order valence-electron chi connectivity index (χ2n) is 15.9. The highest BCUT2D eigenvalue weighted by Gasteiger charge is 2.49. The van der Waals surface area contributed by atoms with E-state index in [4.69, 9.17) is 0 Å². The molecule has 2 heterocycles.